The second-order valence-corrected chi connectivity index (χ2v) is 6.20. The molecular weight excluding hydrogens is 294 g/mol. The Morgan fingerprint density at radius 2 is 2.00 bits per heavy atom. The number of carbonyl (C=O) groups is 1. The van der Waals surface area contributed by atoms with Gasteiger partial charge in [-0.3, -0.25) is 4.90 Å². The van der Waals surface area contributed by atoms with E-state index in [9.17, 15) is 4.79 Å². The topological polar surface area (TPSA) is 56.2 Å². The van der Waals surface area contributed by atoms with Crippen molar-refractivity contribution in [2.24, 2.45) is 0 Å². The van der Waals surface area contributed by atoms with Crippen LogP contribution in [0.4, 0.5) is 4.79 Å². The summed E-state index contributed by atoms with van der Waals surface area (Å²) in [6.45, 7) is 5.29. The predicted molar refractivity (Wildman–Crippen MR) is 90.0 cm³/mol. The molecule has 23 heavy (non-hydrogen) atoms. The molecule has 1 saturated heterocycles. The first-order chi connectivity index (χ1) is 11.0. The maximum absolute atomic E-state index is 10.9. The largest absolute Gasteiger partial charge is 0.494 e. The number of nitrogens with zero attached hydrogens (tertiary/aromatic N) is 3. The quantitative estimate of drug-likeness (QED) is 0.776. The van der Waals surface area contributed by atoms with Crippen LogP contribution < -0.4 is 4.74 Å². The van der Waals surface area contributed by atoms with Gasteiger partial charge in [0.1, 0.15) is 5.75 Å². The standard InChI is InChI=1S/C17H27N3O3/c1-18(2)7-4-12-23-16-6-3-5-15(13-16)14-19-8-10-20(11-9-19)17(21)22/h3,5-6,13H,4,7-12,14H2,1-2H3,(H,21,22). The van der Waals surface area contributed by atoms with Gasteiger partial charge in [0.2, 0.25) is 0 Å². The number of piperazine rings is 1. The van der Waals surface area contributed by atoms with Gasteiger partial charge >= 0.3 is 6.09 Å². The molecule has 0 radical (unpaired) electrons. The molecule has 1 fully saturated rings. The second-order valence-electron chi connectivity index (χ2n) is 6.20. The summed E-state index contributed by atoms with van der Waals surface area (Å²) >= 11 is 0. The Morgan fingerprint density at radius 1 is 1.26 bits per heavy atom. The van der Waals surface area contributed by atoms with Crippen molar-refractivity contribution in [3.8, 4) is 5.75 Å². The van der Waals surface area contributed by atoms with E-state index in [1.165, 1.54) is 10.5 Å². The highest BCUT2D eigenvalue weighted by Gasteiger charge is 2.20. The van der Waals surface area contributed by atoms with E-state index in [0.29, 0.717) is 13.1 Å². The van der Waals surface area contributed by atoms with E-state index in [0.717, 1.165) is 45.0 Å². The summed E-state index contributed by atoms with van der Waals surface area (Å²) in [7, 11) is 4.12. The van der Waals surface area contributed by atoms with Crippen molar-refractivity contribution in [1.29, 1.82) is 0 Å². The van der Waals surface area contributed by atoms with Crippen molar-refractivity contribution >= 4 is 6.09 Å². The molecule has 0 aromatic heterocycles. The van der Waals surface area contributed by atoms with Crippen LogP contribution in [-0.4, -0.2) is 79.3 Å². The number of amides is 1. The lowest BCUT2D eigenvalue weighted by Crippen LogP contribution is -2.47. The first-order valence-corrected chi connectivity index (χ1v) is 8.11. The normalized spacial score (nSPS) is 15.9. The van der Waals surface area contributed by atoms with Crippen LogP contribution >= 0.6 is 0 Å². The molecule has 1 N–H and O–H groups in total. The number of ether oxygens (including phenoxy) is 1. The van der Waals surface area contributed by atoms with Crippen LogP contribution in [0, 0.1) is 0 Å². The van der Waals surface area contributed by atoms with E-state index in [2.05, 4.69) is 36.0 Å². The SMILES string of the molecule is CN(C)CCCOc1cccc(CN2CCN(C(=O)O)CC2)c1. The zero-order chi connectivity index (χ0) is 16.7. The average molecular weight is 321 g/mol. The summed E-state index contributed by atoms with van der Waals surface area (Å²) in [5.41, 5.74) is 1.21. The van der Waals surface area contributed by atoms with Gasteiger partial charge in [-0.15, -0.1) is 0 Å². The molecule has 0 spiro atoms. The molecule has 0 aliphatic carbocycles. The molecule has 1 aliphatic heterocycles. The number of benzene rings is 1. The molecule has 6 heteroatoms. The highest BCUT2D eigenvalue weighted by Crippen LogP contribution is 2.16. The highest BCUT2D eigenvalue weighted by atomic mass is 16.5. The fourth-order valence-corrected chi connectivity index (χ4v) is 2.66. The molecule has 6 nitrogen and oxygen atoms in total. The molecule has 128 valence electrons. The van der Waals surface area contributed by atoms with Crippen molar-refractivity contribution in [1.82, 2.24) is 14.7 Å². The van der Waals surface area contributed by atoms with E-state index in [-0.39, 0.29) is 0 Å². The average Bonchev–Trinajstić information content (AvgIpc) is 2.52. The predicted octanol–water partition coefficient (Wildman–Crippen LogP) is 1.81. The molecule has 0 atom stereocenters. The van der Waals surface area contributed by atoms with Crippen LogP contribution in [0.1, 0.15) is 12.0 Å². The van der Waals surface area contributed by atoms with Crippen molar-refractivity contribution in [3.05, 3.63) is 29.8 Å². The van der Waals surface area contributed by atoms with E-state index in [4.69, 9.17) is 9.84 Å². The van der Waals surface area contributed by atoms with Crippen molar-refractivity contribution < 1.29 is 14.6 Å². The third-order valence-electron chi connectivity index (χ3n) is 3.97. The number of hydrogen-bond acceptors (Lipinski definition) is 4. The molecule has 2 rings (SSSR count). The van der Waals surface area contributed by atoms with Gasteiger partial charge in [0.05, 0.1) is 6.61 Å². The summed E-state index contributed by atoms with van der Waals surface area (Å²) in [5, 5.41) is 8.98. The Labute approximate surface area is 138 Å². The Morgan fingerprint density at radius 3 is 2.65 bits per heavy atom. The smallest absolute Gasteiger partial charge is 0.407 e. The maximum atomic E-state index is 10.9. The van der Waals surface area contributed by atoms with Gasteiger partial charge in [-0.25, -0.2) is 4.79 Å². The third kappa shape index (κ3) is 6.08. The van der Waals surface area contributed by atoms with E-state index < -0.39 is 6.09 Å². The summed E-state index contributed by atoms with van der Waals surface area (Å²) < 4.78 is 5.80. The van der Waals surface area contributed by atoms with Gasteiger partial charge in [0.25, 0.3) is 0 Å². The summed E-state index contributed by atoms with van der Waals surface area (Å²) in [4.78, 5) is 16.8. The lowest BCUT2D eigenvalue weighted by Gasteiger charge is -2.33. The molecule has 0 unspecified atom stereocenters. The fourth-order valence-electron chi connectivity index (χ4n) is 2.66. The minimum absolute atomic E-state index is 0.579. The number of carboxylic acid groups (broad SMARTS) is 1. The number of hydrogen-bond donors (Lipinski definition) is 1. The molecule has 1 aliphatic rings. The Hall–Kier alpha value is -1.79. The Bertz CT molecular complexity index is 500. The molecule has 1 aromatic rings. The summed E-state index contributed by atoms with van der Waals surface area (Å²) in [6, 6.07) is 8.18. The molecule has 1 aromatic carbocycles. The Kier molecular flexibility index (Phi) is 6.67. The van der Waals surface area contributed by atoms with E-state index in [1.54, 1.807) is 0 Å². The van der Waals surface area contributed by atoms with Crippen molar-refractivity contribution in [3.63, 3.8) is 0 Å². The molecule has 0 bridgehead atoms. The lowest BCUT2D eigenvalue weighted by atomic mass is 10.2. The molecular formula is C17H27N3O3. The van der Waals surface area contributed by atoms with Crippen LogP contribution in [-0.2, 0) is 6.54 Å². The number of rotatable bonds is 7. The highest BCUT2D eigenvalue weighted by molar-refractivity contribution is 5.65. The molecule has 1 heterocycles. The van der Waals surface area contributed by atoms with Gasteiger partial charge in [0, 0.05) is 39.3 Å². The van der Waals surface area contributed by atoms with Crippen LogP contribution in [0.3, 0.4) is 0 Å². The first kappa shape index (κ1) is 17.6. The van der Waals surface area contributed by atoms with Crippen molar-refractivity contribution in [2.45, 2.75) is 13.0 Å². The zero-order valence-electron chi connectivity index (χ0n) is 14.1. The first-order valence-electron chi connectivity index (χ1n) is 8.11. The van der Waals surface area contributed by atoms with Crippen LogP contribution in [0.2, 0.25) is 0 Å². The lowest BCUT2D eigenvalue weighted by molar-refractivity contribution is 0.103. The maximum Gasteiger partial charge on any atom is 0.407 e. The van der Waals surface area contributed by atoms with Gasteiger partial charge in [-0.1, -0.05) is 12.1 Å². The van der Waals surface area contributed by atoms with Gasteiger partial charge in [-0.2, -0.15) is 0 Å². The minimum atomic E-state index is -0.822. The van der Waals surface area contributed by atoms with Gasteiger partial charge in [-0.05, 0) is 38.2 Å². The van der Waals surface area contributed by atoms with Gasteiger partial charge in [0.15, 0.2) is 0 Å². The Balaban J connectivity index is 1.77. The summed E-state index contributed by atoms with van der Waals surface area (Å²) in [5.74, 6) is 0.908. The molecule has 0 saturated carbocycles. The van der Waals surface area contributed by atoms with Crippen LogP contribution in [0.25, 0.3) is 0 Å². The van der Waals surface area contributed by atoms with Crippen molar-refractivity contribution in [2.75, 3.05) is 53.4 Å². The third-order valence-corrected chi connectivity index (χ3v) is 3.97. The zero-order valence-corrected chi connectivity index (χ0v) is 14.1. The van der Waals surface area contributed by atoms with E-state index in [1.807, 2.05) is 12.1 Å². The van der Waals surface area contributed by atoms with Gasteiger partial charge < -0.3 is 19.6 Å². The van der Waals surface area contributed by atoms with Crippen LogP contribution in [0.15, 0.2) is 24.3 Å². The minimum Gasteiger partial charge on any atom is -0.494 e. The fraction of sp³-hybridized carbons (Fsp3) is 0.588. The monoisotopic (exact) mass is 321 g/mol. The molecule has 1 amide bonds. The van der Waals surface area contributed by atoms with E-state index >= 15 is 0 Å². The van der Waals surface area contributed by atoms with Crippen LogP contribution in [0.5, 0.6) is 5.75 Å². The summed E-state index contributed by atoms with van der Waals surface area (Å²) in [6.07, 6.45) is 0.187. The second kappa shape index (κ2) is 8.74.